The second kappa shape index (κ2) is 10.6. The Kier molecular flexibility index (Phi) is 8.16. The van der Waals surface area contributed by atoms with E-state index in [2.05, 4.69) is 10.6 Å². The Morgan fingerprint density at radius 3 is 1.84 bits per heavy atom. The Morgan fingerprint density at radius 1 is 0.969 bits per heavy atom. The Labute approximate surface area is 185 Å². The molecule has 0 spiro atoms. The van der Waals surface area contributed by atoms with Crippen molar-refractivity contribution in [1.29, 1.82) is 0 Å². The molecule has 1 heterocycles. The average Bonchev–Trinajstić information content (AvgIpc) is 2.76. The van der Waals surface area contributed by atoms with Gasteiger partial charge >= 0.3 is 5.91 Å². The van der Waals surface area contributed by atoms with Gasteiger partial charge in [0.05, 0.1) is 0 Å². The summed E-state index contributed by atoms with van der Waals surface area (Å²) in [4.78, 5) is 76.5. The molecule has 0 saturated carbocycles. The van der Waals surface area contributed by atoms with Gasteiger partial charge in [0.15, 0.2) is 0 Å². The Balaban J connectivity index is 2.54. The molecule has 11 nitrogen and oxygen atoms in total. The highest BCUT2D eigenvalue weighted by atomic mass is 16.3. The van der Waals surface area contributed by atoms with Gasteiger partial charge in [0, 0.05) is 17.7 Å². The van der Waals surface area contributed by atoms with Crippen LogP contribution in [0.25, 0.3) is 0 Å². The van der Waals surface area contributed by atoms with Gasteiger partial charge in [0.1, 0.15) is 29.1 Å². The van der Waals surface area contributed by atoms with Gasteiger partial charge in [-0.2, -0.15) is 0 Å². The van der Waals surface area contributed by atoms with E-state index in [9.17, 15) is 28.9 Å². The van der Waals surface area contributed by atoms with Crippen LogP contribution < -0.4 is 20.9 Å². The van der Waals surface area contributed by atoms with Crippen LogP contribution in [-0.4, -0.2) is 52.6 Å². The smallest absolute Gasteiger partial charge is 0.310 e. The lowest BCUT2D eigenvalue weighted by Crippen LogP contribution is -2.83. The summed E-state index contributed by atoms with van der Waals surface area (Å²) >= 11 is 0. The highest BCUT2D eigenvalue weighted by molar-refractivity contribution is 6.08. The van der Waals surface area contributed by atoms with Crippen molar-refractivity contribution >= 4 is 35.2 Å². The fourth-order valence-corrected chi connectivity index (χ4v) is 3.41. The first-order valence-electron chi connectivity index (χ1n) is 10.3. The molecule has 0 aliphatic carbocycles. The fraction of sp³-hybridized carbons (Fsp3) is 0.476. The average molecular weight is 446 g/mol. The van der Waals surface area contributed by atoms with E-state index in [1.54, 1.807) is 37.3 Å². The van der Waals surface area contributed by atoms with E-state index in [1.807, 2.05) is 0 Å². The van der Waals surface area contributed by atoms with Crippen LogP contribution >= 0.6 is 0 Å². The van der Waals surface area contributed by atoms with Gasteiger partial charge in [-0.1, -0.05) is 32.0 Å². The molecule has 0 aromatic heterocycles. The maximum Gasteiger partial charge on any atom is 0.310 e. The van der Waals surface area contributed by atoms with Crippen molar-refractivity contribution in [3.63, 3.8) is 0 Å². The van der Waals surface area contributed by atoms with Crippen molar-refractivity contribution in [2.45, 2.75) is 58.7 Å². The van der Waals surface area contributed by atoms with Crippen LogP contribution in [0.4, 0.5) is 5.69 Å². The predicted molar refractivity (Wildman–Crippen MR) is 113 cm³/mol. The van der Waals surface area contributed by atoms with Crippen LogP contribution in [-0.2, 0) is 24.0 Å². The zero-order chi connectivity index (χ0) is 24.0. The maximum atomic E-state index is 13.4. The summed E-state index contributed by atoms with van der Waals surface area (Å²) in [6.07, 6.45) is -0.308. The molecular formula is C21H28N5O6+. The molecule has 172 valence electrons. The van der Waals surface area contributed by atoms with Crippen LogP contribution in [0.2, 0.25) is 0 Å². The number of para-hydroxylation sites is 1. The monoisotopic (exact) mass is 446 g/mol. The zero-order valence-electron chi connectivity index (χ0n) is 18.5. The second-order valence-corrected chi connectivity index (χ2v) is 7.91. The molecule has 2 rings (SSSR count). The number of nitrogens with one attached hydrogen (secondary N) is 3. The number of anilines is 1. The molecule has 0 unspecified atom stereocenters. The lowest BCUT2D eigenvalue weighted by Gasteiger charge is -2.35. The molecule has 3 N–H and O–H groups in total. The highest BCUT2D eigenvalue weighted by Gasteiger charge is 2.45. The molecule has 1 aromatic rings. The number of hydrogen-bond acceptors (Lipinski definition) is 6. The number of carbonyl (C=O) groups is 5. The van der Waals surface area contributed by atoms with Crippen LogP contribution in [0.3, 0.4) is 0 Å². The van der Waals surface area contributed by atoms with Crippen LogP contribution in [0, 0.1) is 10.8 Å². The third kappa shape index (κ3) is 5.54. The van der Waals surface area contributed by atoms with E-state index in [0.29, 0.717) is 5.01 Å². The molecule has 1 aliphatic rings. The Hall–Kier alpha value is -3.63. The number of rotatable bonds is 5. The number of amides is 5. The quantitative estimate of drug-likeness (QED) is 0.389. The number of hydrazine groups is 1. The number of imide groups is 1. The zero-order valence-corrected chi connectivity index (χ0v) is 18.5. The van der Waals surface area contributed by atoms with Crippen molar-refractivity contribution in [2.24, 2.45) is 5.92 Å². The summed E-state index contributed by atoms with van der Waals surface area (Å²) in [5.41, 5.74) is 0.221. The van der Waals surface area contributed by atoms with Gasteiger partial charge in [0.2, 0.25) is 11.8 Å². The van der Waals surface area contributed by atoms with Gasteiger partial charge < -0.3 is 10.6 Å². The number of hydrogen-bond donors (Lipinski definition) is 3. The Morgan fingerprint density at radius 2 is 1.44 bits per heavy atom. The number of benzene rings is 1. The second-order valence-electron chi connectivity index (χ2n) is 7.91. The van der Waals surface area contributed by atoms with E-state index < -0.39 is 53.6 Å². The fourth-order valence-electron chi connectivity index (χ4n) is 3.41. The summed E-state index contributed by atoms with van der Waals surface area (Å²) in [6.45, 7) is 6.02. The molecule has 0 radical (unpaired) electrons. The molecule has 0 bridgehead atoms. The van der Waals surface area contributed by atoms with Crippen LogP contribution in [0.1, 0.15) is 40.5 Å². The first-order valence-corrected chi connectivity index (χ1v) is 10.3. The molecule has 1 fully saturated rings. The molecule has 3 atom stereocenters. The van der Waals surface area contributed by atoms with Gasteiger partial charge in [-0.15, -0.1) is 0 Å². The van der Waals surface area contributed by atoms with E-state index in [4.69, 9.17) is 0 Å². The topological polar surface area (TPSA) is 147 Å². The van der Waals surface area contributed by atoms with Crippen molar-refractivity contribution in [2.75, 3.05) is 5.01 Å². The minimum atomic E-state index is -1.38. The van der Waals surface area contributed by atoms with E-state index in [1.165, 1.54) is 26.0 Å². The first-order chi connectivity index (χ1) is 15.1. The summed E-state index contributed by atoms with van der Waals surface area (Å²) in [5, 5.41) is 7.19. The number of nitrogens with zero attached hydrogens (tertiary/aromatic N) is 2. The summed E-state index contributed by atoms with van der Waals surface area (Å²) in [6, 6.07) is 4.33. The largest absolute Gasteiger partial charge is 0.345 e. The minimum Gasteiger partial charge on any atom is -0.345 e. The van der Waals surface area contributed by atoms with Gasteiger partial charge in [0.25, 0.3) is 11.8 Å². The standard InChI is InChI=1S/C21H27N5O6/c1-12(2)18(21(31)26(24-32)15-8-6-5-7-9-15)25-19(29)13(3)22-16(27)10-11-17(28)23-14(4)20(25)30/h5-9,12-14,18H,10-11H2,1-4H3,(H,22,27)(H,23,28)/p+1/t13-,14-,18-/m0/s1. The predicted octanol–water partition coefficient (Wildman–Crippen LogP) is -1.04. The van der Waals surface area contributed by atoms with Gasteiger partial charge in [-0.05, 0) is 36.9 Å². The van der Waals surface area contributed by atoms with E-state index >= 15 is 0 Å². The molecular weight excluding hydrogens is 418 g/mol. The summed E-state index contributed by atoms with van der Waals surface area (Å²) in [5.74, 6) is -4.15. The summed E-state index contributed by atoms with van der Waals surface area (Å²) in [7, 11) is 0. The van der Waals surface area contributed by atoms with Gasteiger partial charge in [-0.25, -0.2) is 0 Å². The van der Waals surface area contributed by atoms with Crippen LogP contribution in [0.5, 0.6) is 0 Å². The lowest BCUT2D eigenvalue weighted by atomic mass is 9.99. The SMILES string of the molecule is CC(C)[C@@H](C(=O)N([NH+]=O)c1ccccc1)N1C(=O)[C@H](C)NC(=O)CCC(=O)N[C@@H](C)C1=O. The van der Waals surface area contributed by atoms with Crippen molar-refractivity contribution in [1.82, 2.24) is 15.5 Å². The number of carbonyl (C=O) groups excluding carboxylic acids is 5. The van der Waals surface area contributed by atoms with E-state index in [0.717, 1.165) is 4.90 Å². The minimum absolute atomic E-state index is 0.154. The normalized spacial score (nSPS) is 21.3. The van der Waals surface area contributed by atoms with E-state index in [-0.39, 0.29) is 18.5 Å². The number of nitroso groups, excluding NO2 is 1. The third-order valence-electron chi connectivity index (χ3n) is 5.04. The third-order valence-corrected chi connectivity index (χ3v) is 5.04. The maximum absolute atomic E-state index is 13.4. The van der Waals surface area contributed by atoms with Crippen LogP contribution in [0.15, 0.2) is 30.3 Å². The highest BCUT2D eigenvalue weighted by Crippen LogP contribution is 2.20. The summed E-state index contributed by atoms with van der Waals surface area (Å²) < 4.78 is 0. The molecule has 5 amide bonds. The van der Waals surface area contributed by atoms with Crippen molar-refractivity contribution < 1.29 is 29.3 Å². The van der Waals surface area contributed by atoms with Crippen molar-refractivity contribution in [3.8, 4) is 0 Å². The lowest BCUT2D eigenvalue weighted by molar-refractivity contribution is -0.485. The molecule has 1 saturated heterocycles. The van der Waals surface area contributed by atoms with Crippen molar-refractivity contribution in [3.05, 3.63) is 35.2 Å². The molecule has 1 aliphatic heterocycles. The molecule has 11 heteroatoms. The Bertz CT molecular complexity index is 867. The molecule has 32 heavy (non-hydrogen) atoms. The molecule has 1 aromatic carbocycles. The first kappa shape index (κ1) is 24.6. The van der Waals surface area contributed by atoms with Gasteiger partial charge in [-0.3, -0.25) is 28.9 Å².